The summed E-state index contributed by atoms with van der Waals surface area (Å²) < 4.78 is 6.50. The maximum atomic E-state index is 12.8. The van der Waals surface area contributed by atoms with Crippen molar-refractivity contribution >= 4 is 51.2 Å². The lowest BCUT2D eigenvalue weighted by Crippen LogP contribution is -2.30. The normalized spacial score (nSPS) is 11.8. The highest BCUT2D eigenvalue weighted by molar-refractivity contribution is 14.1. The molecule has 1 amide bonds. The summed E-state index contributed by atoms with van der Waals surface area (Å²) in [4.78, 5) is 33.0. The molecule has 0 saturated heterocycles. The van der Waals surface area contributed by atoms with Gasteiger partial charge in [-0.25, -0.2) is 9.78 Å². The van der Waals surface area contributed by atoms with E-state index in [2.05, 4.69) is 37.9 Å². The first-order valence-electron chi connectivity index (χ1n) is 9.33. The molecule has 0 fully saturated rings. The SMILES string of the molecule is CC(OC(=O)c1ccccc1-c1nc2ccccc2[nH]1)C(=O)Nc1ccc(I)cc1. The molecule has 2 N–H and O–H groups in total. The number of rotatable bonds is 5. The van der Waals surface area contributed by atoms with Gasteiger partial charge >= 0.3 is 5.97 Å². The zero-order valence-electron chi connectivity index (χ0n) is 16.1. The first-order valence-corrected chi connectivity index (χ1v) is 10.4. The van der Waals surface area contributed by atoms with Crippen LogP contribution in [0.2, 0.25) is 0 Å². The van der Waals surface area contributed by atoms with Gasteiger partial charge in [-0.1, -0.05) is 30.3 Å². The minimum absolute atomic E-state index is 0.338. The van der Waals surface area contributed by atoms with E-state index < -0.39 is 18.0 Å². The number of hydrogen-bond donors (Lipinski definition) is 2. The highest BCUT2D eigenvalue weighted by Crippen LogP contribution is 2.25. The van der Waals surface area contributed by atoms with Crippen molar-refractivity contribution in [2.75, 3.05) is 5.32 Å². The van der Waals surface area contributed by atoms with Gasteiger partial charge in [0.15, 0.2) is 6.10 Å². The monoisotopic (exact) mass is 511 g/mol. The van der Waals surface area contributed by atoms with Crippen molar-refractivity contribution in [2.45, 2.75) is 13.0 Å². The molecule has 0 saturated carbocycles. The molecular weight excluding hydrogens is 493 g/mol. The fraction of sp³-hybridized carbons (Fsp3) is 0.0870. The van der Waals surface area contributed by atoms with E-state index in [4.69, 9.17) is 4.74 Å². The fourth-order valence-corrected chi connectivity index (χ4v) is 3.36. The van der Waals surface area contributed by atoms with E-state index in [1.807, 2.05) is 42.5 Å². The molecule has 3 aromatic carbocycles. The number of imidazole rings is 1. The molecule has 0 aliphatic rings. The van der Waals surface area contributed by atoms with E-state index >= 15 is 0 Å². The molecule has 1 atom stereocenters. The molecule has 0 bridgehead atoms. The van der Waals surface area contributed by atoms with E-state index in [9.17, 15) is 9.59 Å². The second kappa shape index (κ2) is 8.66. The predicted octanol–water partition coefficient (Wildman–Crippen LogP) is 5.02. The standard InChI is InChI=1S/C23H18IN3O3/c1-14(22(28)25-16-12-10-15(24)11-13-16)30-23(29)18-7-3-2-6-17(18)21-26-19-8-4-5-9-20(19)27-21/h2-14H,1H3,(H,25,28)(H,26,27). The number of aromatic amines is 1. The van der Waals surface area contributed by atoms with Crippen LogP contribution in [0.5, 0.6) is 0 Å². The van der Waals surface area contributed by atoms with Crippen molar-refractivity contribution in [2.24, 2.45) is 0 Å². The number of carbonyl (C=O) groups is 2. The number of anilines is 1. The van der Waals surface area contributed by atoms with Gasteiger partial charge in [0.05, 0.1) is 16.6 Å². The Hall–Kier alpha value is -3.20. The third-order valence-corrected chi connectivity index (χ3v) is 5.28. The number of hydrogen-bond acceptors (Lipinski definition) is 4. The number of halogens is 1. The number of H-pyrrole nitrogens is 1. The van der Waals surface area contributed by atoms with E-state index in [0.29, 0.717) is 22.6 Å². The van der Waals surface area contributed by atoms with E-state index in [1.165, 1.54) is 0 Å². The number of nitrogens with zero attached hydrogens (tertiary/aromatic N) is 1. The Balaban J connectivity index is 1.52. The van der Waals surface area contributed by atoms with Crippen LogP contribution in [0.1, 0.15) is 17.3 Å². The topological polar surface area (TPSA) is 84.1 Å². The minimum Gasteiger partial charge on any atom is -0.449 e. The number of fused-ring (bicyclic) bond motifs is 1. The number of esters is 1. The third kappa shape index (κ3) is 4.35. The summed E-state index contributed by atoms with van der Waals surface area (Å²) in [7, 11) is 0. The summed E-state index contributed by atoms with van der Waals surface area (Å²) in [5.74, 6) is -0.415. The van der Waals surface area contributed by atoms with Crippen molar-refractivity contribution in [3.8, 4) is 11.4 Å². The molecule has 4 aromatic rings. The average Bonchev–Trinajstić information content (AvgIpc) is 3.19. The van der Waals surface area contributed by atoms with Crippen molar-refractivity contribution in [3.05, 3.63) is 81.9 Å². The number of carbonyl (C=O) groups excluding carboxylic acids is 2. The second-order valence-corrected chi connectivity index (χ2v) is 7.94. The predicted molar refractivity (Wildman–Crippen MR) is 124 cm³/mol. The molecule has 0 radical (unpaired) electrons. The Labute approximate surface area is 186 Å². The minimum atomic E-state index is -0.958. The summed E-state index contributed by atoms with van der Waals surface area (Å²) in [6.45, 7) is 1.55. The van der Waals surface area contributed by atoms with Crippen LogP contribution in [0.15, 0.2) is 72.8 Å². The smallest absolute Gasteiger partial charge is 0.339 e. The fourth-order valence-electron chi connectivity index (χ4n) is 3.00. The maximum Gasteiger partial charge on any atom is 0.339 e. The number of aromatic nitrogens is 2. The van der Waals surface area contributed by atoms with Crippen molar-refractivity contribution in [3.63, 3.8) is 0 Å². The lowest BCUT2D eigenvalue weighted by atomic mass is 10.1. The molecule has 0 aliphatic carbocycles. The molecule has 4 rings (SSSR count). The number of ether oxygens (including phenoxy) is 1. The Kier molecular flexibility index (Phi) is 5.80. The molecule has 6 nitrogen and oxygen atoms in total. The largest absolute Gasteiger partial charge is 0.449 e. The molecule has 0 aliphatic heterocycles. The molecule has 30 heavy (non-hydrogen) atoms. The Morgan fingerprint density at radius 2 is 1.70 bits per heavy atom. The number of para-hydroxylation sites is 2. The van der Waals surface area contributed by atoms with Crippen LogP contribution in [0.4, 0.5) is 5.69 Å². The molecular formula is C23H18IN3O3. The van der Waals surface area contributed by atoms with Gasteiger partial charge in [0, 0.05) is 14.8 Å². The van der Waals surface area contributed by atoms with Gasteiger partial charge < -0.3 is 15.0 Å². The lowest BCUT2D eigenvalue weighted by Gasteiger charge is -2.14. The second-order valence-electron chi connectivity index (χ2n) is 6.69. The Morgan fingerprint density at radius 1 is 1.00 bits per heavy atom. The van der Waals surface area contributed by atoms with Gasteiger partial charge in [-0.2, -0.15) is 0 Å². The van der Waals surface area contributed by atoms with Gasteiger partial charge in [0.1, 0.15) is 5.82 Å². The number of amides is 1. The van der Waals surface area contributed by atoms with Crippen LogP contribution in [0, 0.1) is 3.57 Å². The number of benzene rings is 3. The van der Waals surface area contributed by atoms with Crippen molar-refractivity contribution in [1.29, 1.82) is 0 Å². The highest BCUT2D eigenvalue weighted by atomic mass is 127. The summed E-state index contributed by atoms with van der Waals surface area (Å²) in [5.41, 5.74) is 3.28. The lowest BCUT2D eigenvalue weighted by molar-refractivity contribution is -0.123. The molecule has 1 unspecified atom stereocenters. The van der Waals surface area contributed by atoms with Gasteiger partial charge in [0.2, 0.25) is 0 Å². The van der Waals surface area contributed by atoms with E-state index in [-0.39, 0.29) is 0 Å². The summed E-state index contributed by atoms with van der Waals surface area (Å²) in [5, 5.41) is 2.75. The van der Waals surface area contributed by atoms with Crippen LogP contribution >= 0.6 is 22.6 Å². The van der Waals surface area contributed by atoms with Crippen molar-refractivity contribution in [1.82, 2.24) is 9.97 Å². The van der Waals surface area contributed by atoms with Crippen molar-refractivity contribution < 1.29 is 14.3 Å². The van der Waals surface area contributed by atoms with Crippen LogP contribution in [-0.2, 0) is 9.53 Å². The van der Waals surface area contributed by atoms with Gasteiger partial charge in [-0.3, -0.25) is 4.79 Å². The van der Waals surface area contributed by atoms with Crippen LogP contribution in [0.25, 0.3) is 22.4 Å². The van der Waals surface area contributed by atoms with E-state index in [0.717, 1.165) is 14.6 Å². The van der Waals surface area contributed by atoms with Gasteiger partial charge in [-0.15, -0.1) is 0 Å². The zero-order valence-corrected chi connectivity index (χ0v) is 18.2. The van der Waals surface area contributed by atoms with Gasteiger partial charge in [-0.05, 0) is 72.0 Å². The molecule has 150 valence electrons. The van der Waals surface area contributed by atoms with Gasteiger partial charge in [0.25, 0.3) is 5.91 Å². The quantitative estimate of drug-likeness (QED) is 0.291. The molecule has 1 heterocycles. The first-order chi connectivity index (χ1) is 14.5. The van der Waals surface area contributed by atoms with Crippen LogP contribution in [0.3, 0.4) is 0 Å². The first kappa shape index (κ1) is 20.1. The summed E-state index contributed by atoms with van der Waals surface area (Å²) in [6, 6.07) is 22.0. The van der Waals surface area contributed by atoms with E-state index in [1.54, 1.807) is 37.3 Å². The van der Waals surface area contributed by atoms with Crippen LogP contribution < -0.4 is 5.32 Å². The third-order valence-electron chi connectivity index (χ3n) is 4.56. The van der Waals surface area contributed by atoms with Crippen LogP contribution in [-0.4, -0.2) is 27.9 Å². The zero-order chi connectivity index (χ0) is 21.1. The number of nitrogens with one attached hydrogen (secondary N) is 2. The Morgan fingerprint density at radius 3 is 2.47 bits per heavy atom. The molecule has 1 aromatic heterocycles. The summed E-state index contributed by atoms with van der Waals surface area (Å²) >= 11 is 2.19. The summed E-state index contributed by atoms with van der Waals surface area (Å²) in [6.07, 6.45) is -0.958. The highest BCUT2D eigenvalue weighted by Gasteiger charge is 2.22. The molecule has 7 heteroatoms. The average molecular weight is 511 g/mol. The maximum absolute atomic E-state index is 12.8. The Bertz CT molecular complexity index is 1180. The molecule has 0 spiro atoms.